The minimum atomic E-state index is -0.448. The topological polar surface area (TPSA) is 67.2 Å². The van der Waals surface area contributed by atoms with Crippen molar-refractivity contribution >= 4 is 17.8 Å². The number of rotatable bonds is 5. The second kappa shape index (κ2) is 8.41. The molecule has 0 aromatic heterocycles. The summed E-state index contributed by atoms with van der Waals surface area (Å²) in [4.78, 5) is 24.4. The molecule has 0 N–H and O–H groups in total. The van der Waals surface area contributed by atoms with Gasteiger partial charge in [0.25, 0.3) is 0 Å². The molecule has 0 aliphatic carbocycles. The Morgan fingerprint density at radius 1 is 0.778 bits per heavy atom. The molecule has 3 rings (SSSR count). The summed E-state index contributed by atoms with van der Waals surface area (Å²) >= 11 is 0. The number of ketones is 1. The van der Waals surface area contributed by atoms with Crippen LogP contribution in [0.25, 0.3) is 6.08 Å². The fourth-order valence-corrected chi connectivity index (χ4v) is 2.43. The monoisotopic (exact) mass is 353 g/mol. The molecule has 3 aromatic carbocycles. The SMILES string of the molecule is N#CC(=Cc1ccc(OC(=O)c2ccccc2)cc1)C(=O)c1ccccc1. The highest BCUT2D eigenvalue weighted by Crippen LogP contribution is 2.17. The van der Waals surface area contributed by atoms with E-state index in [4.69, 9.17) is 4.74 Å². The molecule has 0 heterocycles. The van der Waals surface area contributed by atoms with Gasteiger partial charge in [-0.3, -0.25) is 4.79 Å². The molecule has 0 atom stereocenters. The molecule has 0 radical (unpaired) electrons. The molecule has 0 unspecified atom stereocenters. The van der Waals surface area contributed by atoms with Gasteiger partial charge in [-0.1, -0.05) is 60.7 Å². The van der Waals surface area contributed by atoms with Crippen LogP contribution in [0.4, 0.5) is 0 Å². The van der Waals surface area contributed by atoms with Crippen LogP contribution in [0.5, 0.6) is 5.75 Å². The van der Waals surface area contributed by atoms with Crippen molar-refractivity contribution in [1.29, 1.82) is 5.26 Å². The summed E-state index contributed by atoms with van der Waals surface area (Å²) in [5.74, 6) is -0.401. The van der Waals surface area contributed by atoms with E-state index in [9.17, 15) is 14.9 Å². The van der Waals surface area contributed by atoms with Crippen LogP contribution < -0.4 is 4.74 Å². The van der Waals surface area contributed by atoms with E-state index < -0.39 is 5.97 Å². The third-order valence-electron chi connectivity index (χ3n) is 3.81. The Balaban J connectivity index is 1.74. The molecular weight excluding hydrogens is 338 g/mol. The van der Waals surface area contributed by atoms with E-state index in [-0.39, 0.29) is 11.4 Å². The first-order valence-corrected chi connectivity index (χ1v) is 8.26. The summed E-state index contributed by atoms with van der Waals surface area (Å²) in [6.45, 7) is 0. The summed E-state index contributed by atoms with van der Waals surface area (Å²) in [6, 6.07) is 25.9. The molecular formula is C23H15NO3. The van der Waals surface area contributed by atoms with Crippen LogP contribution in [0.15, 0.2) is 90.5 Å². The number of carbonyl (C=O) groups excluding carboxylic acids is 2. The summed E-state index contributed by atoms with van der Waals surface area (Å²) in [5, 5.41) is 9.31. The minimum absolute atomic E-state index is 0.0373. The van der Waals surface area contributed by atoms with Crippen molar-refractivity contribution in [2.45, 2.75) is 0 Å². The minimum Gasteiger partial charge on any atom is -0.423 e. The third-order valence-corrected chi connectivity index (χ3v) is 3.81. The summed E-state index contributed by atoms with van der Waals surface area (Å²) < 4.78 is 5.31. The molecule has 3 aromatic rings. The van der Waals surface area contributed by atoms with Crippen LogP contribution in [0.3, 0.4) is 0 Å². The predicted octanol–water partition coefficient (Wildman–Crippen LogP) is 4.70. The number of esters is 1. The number of allylic oxidation sites excluding steroid dienone is 1. The third kappa shape index (κ3) is 4.56. The molecule has 0 bridgehead atoms. The zero-order valence-corrected chi connectivity index (χ0v) is 14.3. The fourth-order valence-electron chi connectivity index (χ4n) is 2.43. The summed E-state index contributed by atoms with van der Waals surface area (Å²) in [5.41, 5.74) is 1.62. The van der Waals surface area contributed by atoms with E-state index in [0.29, 0.717) is 22.4 Å². The van der Waals surface area contributed by atoms with Gasteiger partial charge in [-0.2, -0.15) is 5.26 Å². The van der Waals surface area contributed by atoms with E-state index in [2.05, 4.69) is 0 Å². The number of hydrogen-bond acceptors (Lipinski definition) is 4. The van der Waals surface area contributed by atoms with Crippen molar-refractivity contribution in [3.8, 4) is 11.8 Å². The number of ether oxygens (including phenoxy) is 1. The number of benzene rings is 3. The van der Waals surface area contributed by atoms with Gasteiger partial charge in [0, 0.05) is 5.56 Å². The van der Waals surface area contributed by atoms with Crippen molar-refractivity contribution in [3.63, 3.8) is 0 Å². The van der Waals surface area contributed by atoms with Gasteiger partial charge in [-0.05, 0) is 35.9 Å². The molecule has 0 fully saturated rings. The highest BCUT2D eigenvalue weighted by atomic mass is 16.5. The first-order valence-electron chi connectivity index (χ1n) is 8.26. The molecule has 0 saturated carbocycles. The first kappa shape index (κ1) is 17.8. The number of hydrogen-bond donors (Lipinski definition) is 0. The number of nitriles is 1. The van der Waals surface area contributed by atoms with Crippen LogP contribution in [-0.2, 0) is 0 Å². The fraction of sp³-hybridized carbons (Fsp3) is 0. The number of carbonyl (C=O) groups is 2. The van der Waals surface area contributed by atoms with Crippen LogP contribution >= 0.6 is 0 Å². The van der Waals surface area contributed by atoms with Crippen LogP contribution in [0.2, 0.25) is 0 Å². The number of Topliss-reactive ketones (excluding diaryl/α,β-unsaturated/α-hetero) is 1. The molecule has 27 heavy (non-hydrogen) atoms. The average Bonchev–Trinajstić information content (AvgIpc) is 2.74. The lowest BCUT2D eigenvalue weighted by molar-refractivity contribution is 0.0734. The zero-order valence-electron chi connectivity index (χ0n) is 14.3. The maximum Gasteiger partial charge on any atom is 0.343 e. The lowest BCUT2D eigenvalue weighted by atomic mass is 10.0. The summed E-state index contributed by atoms with van der Waals surface area (Å²) in [7, 11) is 0. The van der Waals surface area contributed by atoms with Crippen LogP contribution in [0, 0.1) is 11.3 Å². The van der Waals surface area contributed by atoms with E-state index in [0.717, 1.165) is 0 Å². The van der Waals surface area contributed by atoms with Gasteiger partial charge in [0.2, 0.25) is 5.78 Å². The van der Waals surface area contributed by atoms with Crippen molar-refractivity contribution in [3.05, 3.63) is 107 Å². The Kier molecular flexibility index (Phi) is 5.56. The maximum atomic E-state index is 12.4. The standard InChI is InChI=1S/C23H15NO3/c24-16-20(22(25)18-7-3-1-4-8-18)15-17-11-13-21(14-12-17)27-23(26)19-9-5-2-6-10-19/h1-15H. The van der Waals surface area contributed by atoms with E-state index in [1.165, 1.54) is 6.08 Å². The molecule has 4 heteroatoms. The molecule has 130 valence electrons. The highest BCUT2D eigenvalue weighted by molar-refractivity contribution is 6.14. The van der Waals surface area contributed by atoms with Crippen molar-refractivity contribution in [2.75, 3.05) is 0 Å². The molecule has 4 nitrogen and oxygen atoms in total. The molecule has 0 spiro atoms. The zero-order chi connectivity index (χ0) is 19.1. The number of nitrogens with zero attached hydrogens (tertiary/aromatic N) is 1. The lowest BCUT2D eigenvalue weighted by Crippen LogP contribution is -2.07. The maximum absolute atomic E-state index is 12.4. The van der Waals surface area contributed by atoms with Gasteiger partial charge < -0.3 is 4.74 Å². The van der Waals surface area contributed by atoms with Crippen LogP contribution in [0.1, 0.15) is 26.3 Å². The first-order chi connectivity index (χ1) is 13.2. The highest BCUT2D eigenvalue weighted by Gasteiger charge is 2.12. The van der Waals surface area contributed by atoms with Crippen molar-refractivity contribution < 1.29 is 14.3 Å². The van der Waals surface area contributed by atoms with Gasteiger partial charge in [-0.25, -0.2) is 4.79 Å². The van der Waals surface area contributed by atoms with Gasteiger partial charge in [0.05, 0.1) is 5.56 Å². The molecule has 0 aliphatic rings. The Labute approximate surface area is 157 Å². The second-order valence-electron chi connectivity index (χ2n) is 5.69. The van der Waals surface area contributed by atoms with E-state index in [1.807, 2.05) is 18.2 Å². The quantitative estimate of drug-likeness (QED) is 0.219. The van der Waals surface area contributed by atoms with Crippen molar-refractivity contribution in [1.82, 2.24) is 0 Å². The van der Waals surface area contributed by atoms with Gasteiger partial charge in [0.1, 0.15) is 17.4 Å². The summed E-state index contributed by atoms with van der Waals surface area (Å²) in [6.07, 6.45) is 1.51. The molecule has 0 aliphatic heterocycles. The average molecular weight is 353 g/mol. The van der Waals surface area contributed by atoms with Gasteiger partial charge in [0.15, 0.2) is 0 Å². The Bertz CT molecular complexity index is 1010. The van der Waals surface area contributed by atoms with Crippen LogP contribution in [-0.4, -0.2) is 11.8 Å². The normalized spacial score (nSPS) is 10.7. The Morgan fingerprint density at radius 3 is 1.89 bits per heavy atom. The Morgan fingerprint density at radius 2 is 1.33 bits per heavy atom. The Hall–Kier alpha value is -3.97. The largest absolute Gasteiger partial charge is 0.423 e. The molecule has 0 saturated heterocycles. The smallest absolute Gasteiger partial charge is 0.343 e. The van der Waals surface area contributed by atoms with E-state index in [1.54, 1.807) is 72.8 Å². The molecule has 0 amide bonds. The van der Waals surface area contributed by atoms with Gasteiger partial charge in [-0.15, -0.1) is 0 Å². The van der Waals surface area contributed by atoms with Crippen molar-refractivity contribution in [2.24, 2.45) is 0 Å². The predicted molar refractivity (Wildman–Crippen MR) is 102 cm³/mol. The second-order valence-corrected chi connectivity index (χ2v) is 5.69. The van der Waals surface area contributed by atoms with E-state index >= 15 is 0 Å². The van der Waals surface area contributed by atoms with Gasteiger partial charge >= 0.3 is 5.97 Å². The lowest BCUT2D eigenvalue weighted by Gasteiger charge is -2.05.